The van der Waals surface area contributed by atoms with E-state index in [9.17, 15) is 0 Å². The zero-order valence-corrected chi connectivity index (χ0v) is 10.6. The van der Waals surface area contributed by atoms with Gasteiger partial charge in [-0.3, -0.25) is 0 Å². The summed E-state index contributed by atoms with van der Waals surface area (Å²) in [5.41, 5.74) is 8.08. The van der Waals surface area contributed by atoms with E-state index in [1.54, 1.807) is 6.08 Å². The first-order valence-corrected chi connectivity index (χ1v) is 5.87. The van der Waals surface area contributed by atoms with Crippen molar-refractivity contribution in [1.82, 2.24) is 0 Å². The molecular formula is C11H13BrClNO. The van der Waals surface area contributed by atoms with Crippen molar-refractivity contribution >= 4 is 27.5 Å². The summed E-state index contributed by atoms with van der Waals surface area (Å²) in [5, 5.41) is 0. The van der Waals surface area contributed by atoms with Crippen LogP contribution in [0.25, 0.3) is 0 Å². The molecule has 82 valence electrons. The Balaban J connectivity index is 2.75. The molecule has 1 aromatic carbocycles. The molecule has 0 amide bonds. The maximum Gasteiger partial charge on any atom is 0.123 e. The van der Waals surface area contributed by atoms with Crippen molar-refractivity contribution in [2.24, 2.45) is 5.73 Å². The highest BCUT2D eigenvalue weighted by atomic mass is 79.9. The Bertz CT molecular complexity index is 341. The number of benzene rings is 1. The summed E-state index contributed by atoms with van der Waals surface area (Å²) >= 11 is 8.82. The van der Waals surface area contributed by atoms with Gasteiger partial charge in [0, 0.05) is 10.0 Å². The highest BCUT2D eigenvalue weighted by Crippen LogP contribution is 2.23. The van der Waals surface area contributed by atoms with Gasteiger partial charge < -0.3 is 10.5 Å². The summed E-state index contributed by atoms with van der Waals surface area (Å²) in [6, 6.07) is 5.89. The molecule has 15 heavy (non-hydrogen) atoms. The standard InChI is InChI=1S/C11H13BrClNO/c12-10-2-3-11(15-7-1-5-13)9(8-10)4-6-14/h1-3,5,8H,4,6-7,14H2/b5-1+. The van der Waals surface area contributed by atoms with Crippen LogP contribution < -0.4 is 10.5 Å². The molecule has 4 heteroatoms. The summed E-state index contributed by atoms with van der Waals surface area (Å²) in [4.78, 5) is 0. The molecule has 0 unspecified atom stereocenters. The Morgan fingerprint density at radius 1 is 1.47 bits per heavy atom. The Morgan fingerprint density at radius 2 is 2.27 bits per heavy atom. The molecule has 2 N–H and O–H groups in total. The second-order valence-electron chi connectivity index (χ2n) is 2.96. The second kappa shape index (κ2) is 6.88. The van der Waals surface area contributed by atoms with E-state index in [1.807, 2.05) is 18.2 Å². The Labute approximate surface area is 103 Å². The van der Waals surface area contributed by atoms with Crippen LogP contribution in [0, 0.1) is 0 Å². The normalized spacial score (nSPS) is 10.9. The van der Waals surface area contributed by atoms with E-state index >= 15 is 0 Å². The van der Waals surface area contributed by atoms with Crippen molar-refractivity contribution in [3.8, 4) is 5.75 Å². The lowest BCUT2D eigenvalue weighted by Gasteiger charge is -2.09. The molecule has 0 aliphatic heterocycles. The lowest BCUT2D eigenvalue weighted by molar-refractivity contribution is 0.359. The minimum absolute atomic E-state index is 0.475. The Morgan fingerprint density at radius 3 is 2.93 bits per heavy atom. The fourth-order valence-electron chi connectivity index (χ4n) is 1.21. The smallest absolute Gasteiger partial charge is 0.123 e. The molecule has 0 heterocycles. The SMILES string of the molecule is NCCc1cc(Br)ccc1OC/C=C/Cl. The molecular weight excluding hydrogens is 277 g/mol. The molecule has 0 aliphatic rings. The zero-order chi connectivity index (χ0) is 11.1. The lowest BCUT2D eigenvalue weighted by Crippen LogP contribution is -2.05. The first-order chi connectivity index (χ1) is 7.27. The van der Waals surface area contributed by atoms with Gasteiger partial charge in [-0.05, 0) is 42.8 Å². The molecule has 0 aliphatic carbocycles. The van der Waals surface area contributed by atoms with Crippen LogP contribution in [0.5, 0.6) is 5.75 Å². The number of nitrogens with two attached hydrogens (primary N) is 1. The predicted octanol–water partition coefficient (Wildman–Crippen LogP) is 3.08. The summed E-state index contributed by atoms with van der Waals surface area (Å²) < 4.78 is 6.57. The average molecular weight is 291 g/mol. The third kappa shape index (κ3) is 4.24. The summed E-state index contributed by atoms with van der Waals surface area (Å²) in [5.74, 6) is 0.860. The molecule has 1 aromatic rings. The van der Waals surface area contributed by atoms with E-state index in [4.69, 9.17) is 22.1 Å². The number of hydrogen-bond donors (Lipinski definition) is 1. The molecule has 0 aromatic heterocycles. The van der Waals surface area contributed by atoms with Crippen LogP contribution in [-0.2, 0) is 6.42 Å². The zero-order valence-electron chi connectivity index (χ0n) is 8.25. The van der Waals surface area contributed by atoms with Crippen LogP contribution in [0.1, 0.15) is 5.56 Å². The van der Waals surface area contributed by atoms with E-state index in [0.29, 0.717) is 13.2 Å². The number of ether oxygens (including phenoxy) is 1. The van der Waals surface area contributed by atoms with Gasteiger partial charge in [0.05, 0.1) is 0 Å². The van der Waals surface area contributed by atoms with Gasteiger partial charge in [-0.2, -0.15) is 0 Å². The number of hydrogen-bond acceptors (Lipinski definition) is 2. The molecule has 0 saturated heterocycles. The molecule has 0 radical (unpaired) electrons. The van der Waals surface area contributed by atoms with Crippen molar-refractivity contribution in [1.29, 1.82) is 0 Å². The second-order valence-corrected chi connectivity index (χ2v) is 4.13. The minimum Gasteiger partial charge on any atom is -0.489 e. The van der Waals surface area contributed by atoms with Gasteiger partial charge in [-0.25, -0.2) is 0 Å². The van der Waals surface area contributed by atoms with E-state index in [-0.39, 0.29) is 0 Å². The fourth-order valence-corrected chi connectivity index (χ4v) is 1.70. The van der Waals surface area contributed by atoms with Crippen LogP contribution in [0.15, 0.2) is 34.3 Å². The van der Waals surface area contributed by atoms with Crippen molar-refractivity contribution < 1.29 is 4.74 Å². The monoisotopic (exact) mass is 289 g/mol. The van der Waals surface area contributed by atoms with Crippen LogP contribution >= 0.6 is 27.5 Å². The highest BCUT2D eigenvalue weighted by molar-refractivity contribution is 9.10. The van der Waals surface area contributed by atoms with E-state index in [1.165, 1.54) is 5.54 Å². The predicted molar refractivity (Wildman–Crippen MR) is 67.4 cm³/mol. The number of halogens is 2. The summed E-state index contributed by atoms with van der Waals surface area (Å²) in [7, 11) is 0. The summed E-state index contributed by atoms with van der Waals surface area (Å²) in [6.45, 7) is 1.08. The third-order valence-electron chi connectivity index (χ3n) is 1.86. The van der Waals surface area contributed by atoms with Crippen LogP contribution in [0.4, 0.5) is 0 Å². The first-order valence-electron chi connectivity index (χ1n) is 4.64. The molecule has 0 atom stereocenters. The highest BCUT2D eigenvalue weighted by Gasteiger charge is 2.02. The lowest BCUT2D eigenvalue weighted by atomic mass is 10.1. The van der Waals surface area contributed by atoms with Gasteiger partial charge in [0.1, 0.15) is 12.4 Å². The van der Waals surface area contributed by atoms with E-state index < -0.39 is 0 Å². The Hall–Kier alpha value is -0.510. The van der Waals surface area contributed by atoms with Crippen molar-refractivity contribution in [3.63, 3.8) is 0 Å². The molecule has 0 fully saturated rings. The first kappa shape index (κ1) is 12.6. The fraction of sp³-hybridized carbons (Fsp3) is 0.273. The quantitative estimate of drug-likeness (QED) is 0.904. The van der Waals surface area contributed by atoms with Crippen LogP contribution in [-0.4, -0.2) is 13.2 Å². The van der Waals surface area contributed by atoms with Gasteiger partial charge in [0.2, 0.25) is 0 Å². The van der Waals surface area contributed by atoms with E-state index in [0.717, 1.165) is 22.2 Å². The number of rotatable bonds is 5. The van der Waals surface area contributed by atoms with E-state index in [2.05, 4.69) is 15.9 Å². The molecule has 0 bridgehead atoms. The average Bonchev–Trinajstić information content (AvgIpc) is 2.22. The van der Waals surface area contributed by atoms with Crippen molar-refractivity contribution in [2.75, 3.05) is 13.2 Å². The molecule has 0 spiro atoms. The largest absolute Gasteiger partial charge is 0.489 e. The topological polar surface area (TPSA) is 35.2 Å². The molecule has 1 rings (SSSR count). The van der Waals surface area contributed by atoms with Crippen molar-refractivity contribution in [2.45, 2.75) is 6.42 Å². The molecule has 2 nitrogen and oxygen atoms in total. The molecule has 0 saturated carbocycles. The van der Waals surface area contributed by atoms with Gasteiger partial charge >= 0.3 is 0 Å². The van der Waals surface area contributed by atoms with Gasteiger partial charge in [-0.15, -0.1) is 0 Å². The van der Waals surface area contributed by atoms with Gasteiger partial charge in [0.15, 0.2) is 0 Å². The van der Waals surface area contributed by atoms with Crippen molar-refractivity contribution in [3.05, 3.63) is 39.8 Å². The minimum atomic E-state index is 0.475. The van der Waals surface area contributed by atoms with Crippen LogP contribution in [0.3, 0.4) is 0 Å². The summed E-state index contributed by atoms with van der Waals surface area (Å²) in [6.07, 6.45) is 2.55. The maximum atomic E-state index is 5.54. The third-order valence-corrected chi connectivity index (χ3v) is 2.53. The Kier molecular flexibility index (Phi) is 5.76. The van der Waals surface area contributed by atoms with Gasteiger partial charge in [-0.1, -0.05) is 27.5 Å². The van der Waals surface area contributed by atoms with Gasteiger partial charge in [0.25, 0.3) is 0 Å². The maximum absolute atomic E-state index is 5.54. The van der Waals surface area contributed by atoms with Crippen LogP contribution in [0.2, 0.25) is 0 Å².